The van der Waals surface area contributed by atoms with E-state index in [9.17, 15) is 14.0 Å². The number of benzene rings is 2. The molecule has 2 amide bonds. The highest BCUT2D eigenvalue weighted by Gasteiger charge is 2.14. The van der Waals surface area contributed by atoms with Gasteiger partial charge in [-0.1, -0.05) is 12.1 Å². The molecular weight excluding hydrogens is 315 g/mol. The second-order valence-electron chi connectivity index (χ2n) is 4.69. The molecule has 2 aromatic carbocycles. The van der Waals surface area contributed by atoms with Crippen LogP contribution < -0.4 is 15.4 Å². The highest BCUT2D eigenvalue weighted by molar-refractivity contribution is 6.06. The SMILES string of the molecule is CCOc1ccccc1C(=O)Nc1ccc(F)c(NC(=O)OC)c1. The first kappa shape index (κ1) is 17.3. The second-order valence-corrected chi connectivity index (χ2v) is 4.69. The lowest BCUT2D eigenvalue weighted by Gasteiger charge is -2.12. The van der Waals surface area contributed by atoms with Crippen molar-refractivity contribution in [1.82, 2.24) is 0 Å². The molecule has 0 aliphatic carbocycles. The number of nitrogens with one attached hydrogen (secondary N) is 2. The first-order valence-corrected chi connectivity index (χ1v) is 7.22. The predicted octanol–water partition coefficient (Wildman–Crippen LogP) is 3.66. The molecule has 6 nitrogen and oxygen atoms in total. The summed E-state index contributed by atoms with van der Waals surface area (Å²) in [6.45, 7) is 2.24. The Labute approximate surface area is 138 Å². The summed E-state index contributed by atoms with van der Waals surface area (Å²) in [7, 11) is 1.17. The van der Waals surface area contributed by atoms with E-state index in [1.165, 1.54) is 19.2 Å². The Hall–Kier alpha value is -3.09. The van der Waals surface area contributed by atoms with E-state index in [0.29, 0.717) is 23.6 Å². The molecule has 0 aromatic heterocycles. The molecule has 2 rings (SSSR count). The van der Waals surface area contributed by atoms with Gasteiger partial charge in [0.05, 0.1) is 25.0 Å². The number of ether oxygens (including phenoxy) is 2. The number of anilines is 2. The zero-order valence-electron chi connectivity index (χ0n) is 13.3. The number of carbonyl (C=O) groups excluding carboxylic acids is 2. The van der Waals surface area contributed by atoms with Crippen LogP contribution in [0.4, 0.5) is 20.6 Å². The van der Waals surface area contributed by atoms with Gasteiger partial charge in [0.25, 0.3) is 5.91 Å². The van der Waals surface area contributed by atoms with Crippen molar-refractivity contribution in [1.29, 1.82) is 0 Å². The quantitative estimate of drug-likeness (QED) is 0.876. The third kappa shape index (κ3) is 4.22. The Balaban J connectivity index is 2.20. The normalized spacial score (nSPS) is 9.96. The first-order chi connectivity index (χ1) is 11.5. The van der Waals surface area contributed by atoms with E-state index in [-0.39, 0.29) is 5.69 Å². The molecule has 0 spiro atoms. The number of halogens is 1. The van der Waals surface area contributed by atoms with E-state index in [2.05, 4.69) is 15.4 Å². The summed E-state index contributed by atoms with van der Waals surface area (Å²) in [6.07, 6.45) is -0.806. The van der Waals surface area contributed by atoms with E-state index >= 15 is 0 Å². The molecule has 0 aliphatic heterocycles. The molecule has 24 heavy (non-hydrogen) atoms. The van der Waals surface area contributed by atoms with Gasteiger partial charge in [-0.05, 0) is 37.3 Å². The van der Waals surface area contributed by atoms with Gasteiger partial charge in [0.2, 0.25) is 0 Å². The minimum atomic E-state index is -0.806. The summed E-state index contributed by atoms with van der Waals surface area (Å²) < 4.78 is 23.5. The van der Waals surface area contributed by atoms with Crippen molar-refractivity contribution < 1.29 is 23.5 Å². The Morgan fingerprint density at radius 2 is 1.88 bits per heavy atom. The van der Waals surface area contributed by atoms with Crippen molar-refractivity contribution in [2.75, 3.05) is 24.4 Å². The number of hydrogen-bond acceptors (Lipinski definition) is 4. The zero-order valence-corrected chi connectivity index (χ0v) is 13.3. The Morgan fingerprint density at radius 1 is 1.12 bits per heavy atom. The van der Waals surface area contributed by atoms with Crippen LogP contribution >= 0.6 is 0 Å². The number of carbonyl (C=O) groups is 2. The maximum absolute atomic E-state index is 13.7. The molecule has 2 N–H and O–H groups in total. The van der Waals surface area contributed by atoms with Gasteiger partial charge in [-0.15, -0.1) is 0 Å². The fourth-order valence-corrected chi connectivity index (χ4v) is 1.99. The van der Waals surface area contributed by atoms with E-state index in [0.717, 1.165) is 6.07 Å². The topological polar surface area (TPSA) is 76.7 Å². The predicted molar refractivity (Wildman–Crippen MR) is 88.0 cm³/mol. The van der Waals surface area contributed by atoms with Crippen LogP contribution in [0.3, 0.4) is 0 Å². The van der Waals surface area contributed by atoms with Gasteiger partial charge >= 0.3 is 6.09 Å². The molecule has 0 unspecified atom stereocenters. The van der Waals surface area contributed by atoms with Crippen molar-refractivity contribution in [2.24, 2.45) is 0 Å². The number of amides is 2. The third-order valence-electron chi connectivity index (χ3n) is 3.08. The number of hydrogen-bond donors (Lipinski definition) is 2. The van der Waals surface area contributed by atoms with Crippen LogP contribution in [0.25, 0.3) is 0 Å². The van der Waals surface area contributed by atoms with Crippen LogP contribution in [0, 0.1) is 5.82 Å². The van der Waals surface area contributed by atoms with E-state index in [1.807, 2.05) is 6.92 Å². The number of methoxy groups -OCH3 is 1. The monoisotopic (exact) mass is 332 g/mol. The molecule has 0 radical (unpaired) electrons. The molecule has 2 aromatic rings. The fourth-order valence-electron chi connectivity index (χ4n) is 1.99. The first-order valence-electron chi connectivity index (χ1n) is 7.22. The third-order valence-corrected chi connectivity index (χ3v) is 3.08. The Bertz CT molecular complexity index is 749. The van der Waals surface area contributed by atoms with Crippen LogP contribution in [0.2, 0.25) is 0 Å². The highest BCUT2D eigenvalue weighted by atomic mass is 19.1. The lowest BCUT2D eigenvalue weighted by atomic mass is 10.1. The Kier molecular flexibility index (Phi) is 5.73. The van der Waals surface area contributed by atoms with Crippen LogP contribution in [-0.2, 0) is 4.74 Å². The largest absolute Gasteiger partial charge is 0.493 e. The maximum Gasteiger partial charge on any atom is 0.411 e. The van der Waals surface area contributed by atoms with Crippen molar-refractivity contribution >= 4 is 23.4 Å². The average molecular weight is 332 g/mol. The lowest BCUT2D eigenvalue weighted by Crippen LogP contribution is -2.15. The lowest BCUT2D eigenvalue weighted by molar-refractivity contribution is 0.102. The maximum atomic E-state index is 13.7. The van der Waals surface area contributed by atoms with Crippen molar-refractivity contribution in [3.05, 3.63) is 53.8 Å². The van der Waals surface area contributed by atoms with Crippen LogP contribution in [-0.4, -0.2) is 25.7 Å². The fraction of sp³-hybridized carbons (Fsp3) is 0.176. The summed E-state index contributed by atoms with van der Waals surface area (Å²) in [6, 6.07) is 10.6. The molecule has 126 valence electrons. The second kappa shape index (κ2) is 7.96. The van der Waals surface area contributed by atoms with Gasteiger partial charge in [-0.2, -0.15) is 0 Å². The highest BCUT2D eigenvalue weighted by Crippen LogP contribution is 2.23. The molecule has 0 bridgehead atoms. The van der Waals surface area contributed by atoms with Gasteiger partial charge < -0.3 is 14.8 Å². The molecule has 0 fully saturated rings. The molecule has 0 saturated carbocycles. The van der Waals surface area contributed by atoms with Gasteiger partial charge in [0, 0.05) is 5.69 Å². The van der Waals surface area contributed by atoms with Crippen molar-refractivity contribution in [3.63, 3.8) is 0 Å². The van der Waals surface area contributed by atoms with Crippen molar-refractivity contribution in [3.8, 4) is 5.75 Å². The number of rotatable bonds is 5. The average Bonchev–Trinajstić information content (AvgIpc) is 2.58. The van der Waals surface area contributed by atoms with Gasteiger partial charge in [-0.25, -0.2) is 9.18 Å². The van der Waals surface area contributed by atoms with Gasteiger partial charge in [-0.3, -0.25) is 10.1 Å². The number of para-hydroxylation sites is 1. The molecule has 0 aliphatic rings. The van der Waals surface area contributed by atoms with Gasteiger partial charge in [0.1, 0.15) is 11.6 Å². The van der Waals surface area contributed by atoms with E-state index < -0.39 is 17.8 Å². The summed E-state index contributed by atoms with van der Waals surface area (Å²) in [4.78, 5) is 23.6. The molecule has 7 heteroatoms. The summed E-state index contributed by atoms with van der Waals surface area (Å²) >= 11 is 0. The minimum absolute atomic E-state index is 0.0993. The molecular formula is C17H17FN2O4. The van der Waals surface area contributed by atoms with Crippen molar-refractivity contribution in [2.45, 2.75) is 6.92 Å². The molecule has 0 saturated heterocycles. The molecule has 0 atom stereocenters. The Morgan fingerprint density at radius 3 is 2.58 bits per heavy atom. The summed E-state index contributed by atoms with van der Waals surface area (Å²) in [5.74, 6) is -0.602. The minimum Gasteiger partial charge on any atom is -0.493 e. The van der Waals surface area contributed by atoms with Crippen LogP contribution in [0.5, 0.6) is 5.75 Å². The smallest absolute Gasteiger partial charge is 0.411 e. The van der Waals surface area contributed by atoms with E-state index in [1.54, 1.807) is 24.3 Å². The van der Waals surface area contributed by atoms with E-state index in [4.69, 9.17) is 4.74 Å². The van der Waals surface area contributed by atoms with Crippen LogP contribution in [0.1, 0.15) is 17.3 Å². The van der Waals surface area contributed by atoms with Crippen LogP contribution in [0.15, 0.2) is 42.5 Å². The molecule has 0 heterocycles. The standard InChI is InChI=1S/C17H17FN2O4/c1-3-24-15-7-5-4-6-12(15)16(21)19-11-8-9-13(18)14(10-11)20-17(22)23-2/h4-10H,3H2,1-2H3,(H,19,21)(H,20,22). The summed E-state index contributed by atoms with van der Waals surface area (Å²) in [5.41, 5.74) is 0.572. The van der Waals surface area contributed by atoms with Gasteiger partial charge in [0.15, 0.2) is 0 Å². The zero-order chi connectivity index (χ0) is 17.5. The summed E-state index contributed by atoms with van der Waals surface area (Å²) in [5, 5.41) is 4.87.